The molecule has 0 atom stereocenters. The van der Waals surface area contributed by atoms with Crippen molar-refractivity contribution in [3.63, 3.8) is 0 Å². The second kappa shape index (κ2) is 4.09. The summed E-state index contributed by atoms with van der Waals surface area (Å²) < 4.78 is 27.1. The van der Waals surface area contributed by atoms with Gasteiger partial charge in [-0.1, -0.05) is 11.6 Å². The first-order valence-electron chi connectivity index (χ1n) is 3.71. The average Bonchev–Trinajstić information content (AvgIpc) is 2.05. The highest BCUT2D eigenvalue weighted by atomic mass is 35.5. The van der Waals surface area contributed by atoms with Crippen molar-refractivity contribution in [2.45, 2.75) is 11.8 Å². The molecule has 0 bridgehead atoms. The first kappa shape index (κ1) is 10.5. The zero-order valence-corrected chi connectivity index (χ0v) is 8.60. The monoisotopic (exact) mass is 220 g/mol. The summed E-state index contributed by atoms with van der Waals surface area (Å²) in [6, 6.07) is 5.83. The Bertz CT molecular complexity index is 369. The summed E-state index contributed by atoms with van der Waals surface area (Å²) >= 11 is 5.60. The lowest BCUT2D eigenvalue weighted by Crippen LogP contribution is -2.05. The maximum atomic E-state index is 11.3. The van der Waals surface area contributed by atoms with Crippen LogP contribution in [0, 0.1) is 0 Å². The van der Waals surface area contributed by atoms with E-state index in [-0.39, 0.29) is 11.5 Å². The van der Waals surface area contributed by atoms with Gasteiger partial charge in [-0.05, 0) is 31.2 Å². The summed E-state index contributed by atoms with van der Waals surface area (Å²) in [5.74, 6) is 0. The molecule has 1 aromatic rings. The van der Waals surface area contributed by atoms with Gasteiger partial charge in [-0.25, -0.2) is 0 Å². The Labute approximate surface area is 82.4 Å². The van der Waals surface area contributed by atoms with Gasteiger partial charge in [-0.3, -0.25) is 4.18 Å². The van der Waals surface area contributed by atoms with E-state index in [0.29, 0.717) is 5.02 Å². The SMILES string of the molecule is CCOS(=O)(=O)c1ccc(Cl)cc1. The molecule has 0 spiro atoms. The van der Waals surface area contributed by atoms with Crippen LogP contribution in [0.2, 0.25) is 5.02 Å². The zero-order chi connectivity index (χ0) is 9.90. The van der Waals surface area contributed by atoms with Gasteiger partial charge in [-0.15, -0.1) is 0 Å². The van der Waals surface area contributed by atoms with Crippen molar-refractivity contribution in [3.8, 4) is 0 Å². The highest BCUT2D eigenvalue weighted by molar-refractivity contribution is 7.86. The van der Waals surface area contributed by atoms with Crippen LogP contribution < -0.4 is 0 Å². The number of halogens is 1. The molecular formula is C8H9ClO3S. The van der Waals surface area contributed by atoms with E-state index in [4.69, 9.17) is 11.6 Å². The van der Waals surface area contributed by atoms with E-state index in [9.17, 15) is 8.42 Å². The Morgan fingerprint density at radius 3 is 2.31 bits per heavy atom. The van der Waals surface area contributed by atoms with E-state index in [1.165, 1.54) is 24.3 Å². The van der Waals surface area contributed by atoms with Gasteiger partial charge in [0.25, 0.3) is 10.1 Å². The van der Waals surface area contributed by atoms with Gasteiger partial charge in [-0.2, -0.15) is 8.42 Å². The fraction of sp³-hybridized carbons (Fsp3) is 0.250. The topological polar surface area (TPSA) is 43.4 Å². The lowest BCUT2D eigenvalue weighted by Gasteiger charge is -2.02. The van der Waals surface area contributed by atoms with Crippen LogP contribution in [0.5, 0.6) is 0 Å². The maximum absolute atomic E-state index is 11.3. The molecule has 13 heavy (non-hydrogen) atoms. The maximum Gasteiger partial charge on any atom is 0.296 e. The Kier molecular flexibility index (Phi) is 3.30. The molecule has 72 valence electrons. The van der Waals surface area contributed by atoms with Crippen LogP contribution >= 0.6 is 11.6 Å². The molecule has 0 saturated heterocycles. The first-order chi connectivity index (χ1) is 6.06. The molecule has 0 aliphatic rings. The molecule has 0 amide bonds. The Morgan fingerprint density at radius 1 is 1.31 bits per heavy atom. The predicted octanol–water partition coefficient (Wildman–Crippen LogP) is 2.07. The molecule has 1 rings (SSSR count). The molecule has 0 N–H and O–H groups in total. The highest BCUT2D eigenvalue weighted by Gasteiger charge is 2.12. The van der Waals surface area contributed by atoms with Crippen LogP contribution in [0.1, 0.15) is 6.92 Å². The fourth-order valence-corrected chi connectivity index (χ4v) is 1.87. The van der Waals surface area contributed by atoms with Gasteiger partial charge in [0.1, 0.15) is 0 Å². The Morgan fingerprint density at radius 2 is 1.85 bits per heavy atom. The smallest absolute Gasteiger partial charge is 0.267 e. The van der Waals surface area contributed by atoms with Crippen LogP contribution in [0.4, 0.5) is 0 Å². The largest absolute Gasteiger partial charge is 0.296 e. The van der Waals surface area contributed by atoms with Crippen molar-refractivity contribution in [1.29, 1.82) is 0 Å². The van der Waals surface area contributed by atoms with Gasteiger partial charge < -0.3 is 0 Å². The van der Waals surface area contributed by atoms with Crippen molar-refractivity contribution < 1.29 is 12.6 Å². The molecule has 0 aromatic heterocycles. The van der Waals surface area contributed by atoms with Crippen LogP contribution in [-0.4, -0.2) is 15.0 Å². The van der Waals surface area contributed by atoms with Crippen LogP contribution in [0.3, 0.4) is 0 Å². The number of benzene rings is 1. The van der Waals surface area contributed by atoms with Gasteiger partial charge >= 0.3 is 0 Å². The minimum atomic E-state index is -3.59. The minimum Gasteiger partial charge on any atom is -0.267 e. The van der Waals surface area contributed by atoms with Crippen molar-refractivity contribution in [2.75, 3.05) is 6.61 Å². The molecule has 0 heterocycles. The predicted molar refractivity (Wildman–Crippen MR) is 50.3 cm³/mol. The summed E-state index contributed by atoms with van der Waals surface area (Å²) in [5.41, 5.74) is 0. The van der Waals surface area contributed by atoms with Crippen LogP contribution in [-0.2, 0) is 14.3 Å². The van der Waals surface area contributed by atoms with Crippen molar-refractivity contribution in [3.05, 3.63) is 29.3 Å². The highest BCUT2D eigenvalue weighted by Crippen LogP contribution is 2.15. The Balaban J connectivity index is 3.02. The van der Waals surface area contributed by atoms with E-state index < -0.39 is 10.1 Å². The van der Waals surface area contributed by atoms with E-state index in [1.54, 1.807) is 6.92 Å². The van der Waals surface area contributed by atoms with Crippen LogP contribution in [0.25, 0.3) is 0 Å². The quantitative estimate of drug-likeness (QED) is 0.733. The summed E-state index contributed by atoms with van der Waals surface area (Å²) in [6.45, 7) is 1.75. The molecule has 5 heteroatoms. The minimum absolute atomic E-state index is 0.124. The summed E-state index contributed by atoms with van der Waals surface area (Å²) in [4.78, 5) is 0.124. The first-order valence-corrected chi connectivity index (χ1v) is 5.50. The standard InChI is InChI=1S/C8H9ClO3S/c1-2-12-13(10,11)8-5-3-7(9)4-6-8/h3-6H,2H2,1H3. The van der Waals surface area contributed by atoms with Crippen molar-refractivity contribution in [2.24, 2.45) is 0 Å². The second-order valence-corrected chi connectivity index (χ2v) is 4.37. The van der Waals surface area contributed by atoms with E-state index >= 15 is 0 Å². The summed E-state index contributed by atoms with van der Waals surface area (Å²) in [5, 5.41) is 0.496. The molecule has 1 aromatic carbocycles. The third kappa shape index (κ3) is 2.69. The van der Waals surface area contributed by atoms with Gasteiger partial charge in [0.2, 0.25) is 0 Å². The molecule has 3 nitrogen and oxygen atoms in total. The Hall–Kier alpha value is -0.580. The number of rotatable bonds is 3. The molecule has 0 saturated carbocycles. The normalized spacial score (nSPS) is 11.5. The molecule has 0 aliphatic heterocycles. The lowest BCUT2D eigenvalue weighted by molar-refractivity contribution is 0.338. The van der Waals surface area contributed by atoms with E-state index in [2.05, 4.69) is 4.18 Å². The third-order valence-electron chi connectivity index (χ3n) is 1.38. The van der Waals surface area contributed by atoms with Crippen molar-refractivity contribution in [1.82, 2.24) is 0 Å². The van der Waals surface area contributed by atoms with E-state index in [0.717, 1.165) is 0 Å². The molecule has 0 aliphatic carbocycles. The van der Waals surface area contributed by atoms with Gasteiger partial charge in [0, 0.05) is 5.02 Å². The number of hydrogen-bond acceptors (Lipinski definition) is 3. The van der Waals surface area contributed by atoms with E-state index in [1.807, 2.05) is 0 Å². The second-order valence-electron chi connectivity index (χ2n) is 2.31. The summed E-state index contributed by atoms with van der Waals surface area (Å²) in [6.07, 6.45) is 0. The third-order valence-corrected chi connectivity index (χ3v) is 3.02. The summed E-state index contributed by atoms with van der Waals surface area (Å²) in [7, 11) is -3.59. The fourth-order valence-electron chi connectivity index (χ4n) is 0.824. The van der Waals surface area contributed by atoms with Crippen molar-refractivity contribution >= 4 is 21.7 Å². The molecule has 0 unspecified atom stereocenters. The van der Waals surface area contributed by atoms with Gasteiger partial charge in [0.05, 0.1) is 11.5 Å². The van der Waals surface area contributed by atoms with Gasteiger partial charge in [0.15, 0.2) is 0 Å². The van der Waals surface area contributed by atoms with Crippen LogP contribution in [0.15, 0.2) is 29.2 Å². The molecule has 0 radical (unpaired) electrons. The molecule has 0 fully saturated rings. The number of hydrogen-bond donors (Lipinski definition) is 0. The average molecular weight is 221 g/mol. The zero-order valence-electron chi connectivity index (χ0n) is 7.03. The lowest BCUT2D eigenvalue weighted by atomic mass is 10.4. The molecular weight excluding hydrogens is 212 g/mol.